The van der Waals surface area contributed by atoms with Crippen LogP contribution < -0.4 is 5.32 Å². The Hall–Kier alpha value is -1.06. The van der Waals surface area contributed by atoms with E-state index in [1.165, 1.54) is 116 Å². The Morgan fingerprint density at radius 2 is 0.848 bits per heavy atom. The van der Waals surface area contributed by atoms with Gasteiger partial charge in [-0.05, 0) is 19.8 Å². The molecule has 4 nitrogen and oxygen atoms in total. The molecule has 0 aliphatic heterocycles. The average molecular weight is 470 g/mol. The summed E-state index contributed by atoms with van der Waals surface area (Å²) in [6.45, 7) is 6.88. The standard InChI is InChI=1S/C16H32O2.C13H27NO/c1-3-5-6-7-8-9-10-11-12-13-14-15-16(17)18-4-2;1-3-4-5-6-7-8-9-10-11-12-13(15)14-2/h3-15H2,1-2H3;3-12H2,1-2H3,(H,14,15). The predicted molar refractivity (Wildman–Crippen MR) is 144 cm³/mol. The molecule has 0 fully saturated rings. The summed E-state index contributed by atoms with van der Waals surface area (Å²) < 4.78 is 4.89. The molecule has 1 N–H and O–H groups in total. The highest BCUT2D eigenvalue weighted by molar-refractivity contribution is 5.75. The Morgan fingerprint density at radius 3 is 1.18 bits per heavy atom. The van der Waals surface area contributed by atoms with E-state index >= 15 is 0 Å². The van der Waals surface area contributed by atoms with E-state index in [4.69, 9.17) is 4.74 Å². The van der Waals surface area contributed by atoms with Gasteiger partial charge in [-0.1, -0.05) is 129 Å². The number of carbonyl (C=O) groups excluding carboxylic acids is 2. The minimum Gasteiger partial charge on any atom is -0.466 e. The van der Waals surface area contributed by atoms with E-state index in [0.717, 1.165) is 12.8 Å². The van der Waals surface area contributed by atoms with Crippen molar-refractivity contribution in [3.8, 4) is 0 Å². The van der Waals surface area contributed by atoms with Crippen LogP contribution in [-0.2, 0) is 14.3 Å². The number of amides is 1. The van der Waals surface area contributed by atoms with Gasteiger partial charge in [0.05, 0.1) is 6.61 Å². The molecule has 0 saturated carbocycles. The minimum atomic E-state index is -0.0339. The molecular weight excluding hydrogens is 410 g/mol. The van der Waals surface area contributed by atoms with Gasteiger partial charge in [0, 0.05) is 19.9 Å². The van der Waals surface area contributed by atoms with Crippen molar-refractivity contribution in [3.05, 3.63) is 0 Å². The molecule has 0 atom stereocenters. The molecule has 0 aromatic carbocycles. The van der Waals surface area contributed by atoms with Gasteiger partial charge in [-0.25, -0.2) is 0 Å². The first-order chi connectivity index (χ1) is 16.1. The molecule has 0 aromatic heterocycles. The van der Waals surface area contributed by atoms with E-state index in [9.17, 15) is 9.59 Å². The zero-order valence-corrected chi connectivity index (χ0v) is 23.0. The maximum atomic E-state index is 11.1. The van der Waals surface area contributed by atoms with Crippen LogP contribution in [0.3, 0.4) is 0 Å². The first-order valence-corrected chi connectivity index (χ1v) is 14.5. The summed E-state index contributed by atoms with van der Waals surface area (Å²) in [5.74, 6) is 0.145. The topological polar surface area (TPSA) is 55.4 Å². The number of hydrogen-bond donors (Lipinski definition) is 1. The molecule has 0 heterocycles. The van der Waals surface area contributed by atoms with E-state index in [1.54, 1.807) is 7.05 Å². The lowest BCUT2D eigenvalue weighted by Crippen LogP contribution is -2.16. The van der Waals surface area contributed by atoms with E-state index in [2.05, 4.69) is 19.2 Å². The first-order valence-electron chi connectivity index (χ1n) is 14.5. The second-order valence-electron chi connectivity index (χ2n) is 9.34. The lowest BCUT2D eigenvalue weighted by Gasteiger charge is -2.03. The van der Waals surface area contributed by atoms with Gasteiger partial charge in [-0.3, -0.25) is 9.59 Å². The fourth-order valence-electron chi connectivity index (χ4n) is 3.89. The monoisotopic (exact) mass is 469 g/mol. The van der Waals surface area contributed by atoms with Gasteiger partial charge in [0.1, 0.15) is 0 Å². The van der Waals surface area contributed by atoms with Crippen LogP contribution in [0.15, 0.2) is 0 Å². The number of ether oxygens (including phenoxy) is 1. The first kappa shape index (κ1) is 34.1. The molecule has 0 radical (unpaired) electrons. The highest BCUT2D eigenvalue weighted by Gasteiger charge is 2.00. The minimum absolute atomic E-state index is 0.0339. The van der Waals surface area contributed by atoms with Crippen LogP contribution in [0.1, 0.15) is 162 Å². The van der Waals surface area contributed by atoms with Crippen LogP contribution in [0.2, 0.25) is 0 Å². The molecular formula is C29H59NO3. The van der Waals surface area contributed by atoms with E-state index < -0.39 is 0 Å². The quantitative estimate of drug-likeness (QED) is 0.120. The van der Waals surface area contributed by atoms with E-state index in [1.807, 2.05) is 6.92 Å². The molecule has 1 amide bonds. The number of carbonyl (C=O) groups is 2. The van der Waals surface area contributed by atoms with Crippen LogP contribution in [0.4, 0.5) is 0 Å². The van der Waals surface area contributed by atoms with Gasteiger partial charge in [0.15, 0.2) is 0 Å². The van der Waals surface area contributed by atoms with Crippen molar-refractivity contribution >= 4 is 11.9 Å². The van der Waals surface area contributed by atoms with Crippen molar-refractivity contribution in [2.45, 2.75) is 162 Å². The predicted octanol–water partition coefficient (Wildman–Crippen LogP) is 8.90. The van der Waals surface area contributed by atoms with Gasteiger partial charge in [0.2, 0.25) is 5.91 Å². The highest BCUT2D eigenvalue weighted by atomic mass is 16.5. The van der Waals surface area contributed by atoms with Gasteiger partial charge in [-0.2, -0.15) is 0 Å². The molecule has 0 unspecified atom stereocenters. The average Bonchev–Trinajstić information content (AvgIpc) is 2.82. The van der Waals surface area contributed by atoms with Crippen LogP contribution >= 0.6 is 0 Å². The van der Waals surface area contributed by atoms with Gasteiger partial charge in [0.25, 0.3) is 0 Å². The van der Waals surface area contributed by atoms with Gasteiger partial charge >= 0.3 is 5.97 Å². The lowest BCUT2D eigenvalue weighted by atomic mass is 10.1. The summed E-state index contributed by atoms with van der Waals surface area (Å²) >= 11 is 0. The fraction of sp³-hybridized carbons (Fsp3) is 0.931. The van der Waals surface area contributed by atoms with Crippen LogP contribution in [0.25, 0.3) is 0 Å². The fourth-order valence-corrected chi connectivity index (χ4v) is 3.89. The van der Waals surface area contributed by atoms with Crippen molar-refractivity contribution in [2.75, 3.05) is 13.7 Å². The highest BCUT2D eigenvalue weighted by Crippen LogP contribution is 2.12. The molecule has 0 rings (SSSR count). The number of nitrogens with one attached hydrogen (secondary N) is 1. The lowest BCUT2D eigenvalue weighted by molar-refractivity contribution is -0.143. The number of unbranched alkanes of at least 4 members (excludes halogenated alkanes) is 18. The number of esters is 1. The summed E-state index contributed by atoms with van der Waals surface area (Å²) in [6, 6.07) is 0. The Kier molecular flexibility index (Phi) is 32.0. The van der Waals surface area contributed by atoms with Crippen LogP contribution in [0, 0.1) is 0 Å². The maximum absolute atomic E-state index is 11.1. The van der Waals surface area contributed by atoms with E-state index in [0.29, 0.717) is 19.4 Å². The maximum Gasteiger partial charge on any atom is 0.305 e. The van der Waals surface area contributed by atoms with Gasteiger partial charge in [-0.15, -0.1) is 0 Å². The Labute approximate surface area is 207 Å². The summed E-state index contributed by atoms with van der Waals surface area (Å²) in [5, 5.41) is 2.65. The molecule has 0 aromatic rings. The van der Waals surface area contributed by atoms with E-state index in [-0.39, 0.29) is 11.9 Å². The largest absolute Gasteiger partial charge is 0.466 e. The Morgan fingerprint density at radius 1 is 0.515 bits per heavy atom. The number of rotatable bonds is 23. The summed E-state index contributed by atoms with van der Waals surface area (Å²) in [4.78, 5) is 22.0. The third-order valence-electron chi connectivity index (χ3n) is 6.08. The summed E-state index contributed by atoms with van der Waals surface area (Å²) in [7, 11) is 1.70. The van der Waals surface area contributed by atoms with Crippen molar-refractivity contribution in [1.29, 1.82) is 0 Å². The third-order valence-corrected chi connectivity index (χ3v) is 6.08. The normalized spacial score (nSPS) is 10.4. The van der Waals surface area contributed by atoms with Gasteiger partial charge < -0.3 is 10.1 Å². The van der Waals surface area contributed by atoms with Crippen LogP contribution in [0.5, 0.6) is 0 Å². The van der Waals surface area contributed by atoms with Crippen molar-refractivity contribution in [3.63, 3.8) is 0 Å². The molecule has 0 aliphatic rings. The van der Waals surface area contributed by atoms with Crippen molar-refractivity contribution in [1.82, 2.24) is 5.32 Å². The van der Waals surface area contributed by atoms with Crippen molar-refractivity contribution < 1.29 is 14.3 Å². The SMILES string of the molecule is CCCCCCCCCCCC(=O)NC.CCCCCCCCCCCCCC(=O)OCC. The Balaban J connectivity index is 0. The molecule has 0 spiro atoms. The summed E-state index contributed by atoms with van der Waals surface area (Å²) in [5.41, 5.74) is 0. The smallest absolute Gasteiger partial charge is 0.305 e. The van der Waals surface area contributed by atoms with Crippen LogP contribution in [-0.4, -0.2) is 25.5 Å². The molecule has 4 heteroatoms. The number of hydrogen-bond acceptors (Lipinski definition) is 3. The third kappa shape index (κ3) is 33.2. The van der Waals surface area contributed by atoms with Crippen molar-refractivity contribution in [2.24, 2.45) is 0 Å². The Bertz CT molecular complexity index is 398. The second kappa shape index (κ2) is 30.9. The zero-order chi connectivity index (χ0) is 24.8. The summed E-state index contributed by atoms with van der Waals surface area (Å²) in [6.07, 6.45) is 27.6. The molecule has 0 aliphatic carbocycles. The molecule has 33 heavy (non-hydrogen) atoms. The second-order valence-corrected chi connectivity index (χ2v) is 9.34. The molecule has 0 saturated heterocycles. The zero-order valence-electron chi connectivity index (χ0n) is 23.0. The molecule has 198 valence electrons. The molecule has 0 bridgehead atoms.